The third-order valence-corrected chi connectivity index (χ3v) is 5.55. The van der Waals surface area contributed by atoms with Crippen LogP contribution in [0.1, 0.15) is 11.3 Å². The molecule has 1 aromatic carbocycles. The zero-order valence-corrected chi connectivity index (χ0v) is 15.0. The highest BCUT2D eigenvalue weighted by molar-refractivity contribution is 7.92. The topological polar surface area (TPSA) is 81.8 Å². The van der Waals surface area contributed by atoms with Gasteiger partial charge in [0.2, 0.25) is 0 Å². The lowest BCUT2D eigenvalue weighted by Gasteiger charge is -2.06. The molecule has 0 aliphatic heterocycles. The molecule has 0 radical (unpaired) electrons. The fourth-order valence-electron chi connectivity index (χ4n) is 2.28. The SMILES string of the molecule is Cc1c(S(=O)(=O)Nc2cnn(Cc3ccc(F)cc3Cl)c2)cnn1C. The standard InChI is InChI=1S/C15H15ClFN5O2S/c1-10-15(7-18-21(10)2)25(23,24)20-13-6-19-22(9-13)8-11-3-4-12(17)5-14(11)16/h3-7,9,20H,8H2,1-2H3. The van der Waals surface area contributed by atoms with E-state index in [0.717, 1.165) is 0 Å². The van der Waals surface area contributed by atoms with Crippen LogP contribution in [0.3, 0.4) is 0 Å². The second-order valence-corrected chi connectivity index (χ2v) is 7.54. The highest BCUT2D eigenvalue weighted by Crippen LogP contribution is 2.20. The summed E-state index contributed by atoms with van der Waals surface area (Å²) in [5.41, 5.74) is 1.50. The van der Waals surface area contributed by atoms with Gasteiger partial charge in [0.1, 0.15) is 10.7 Å². The minimum atomic E-state index is -3.76. The van der Waals surface area contributed by atoms with E-state index in [0.29, 0.717) is 16.9 Å². The molecule has 0 saturated heterocycles. The van der Waals surface area contributed by atoms with Crippen LogP contribution in [0.5, 0.6) is 0 Å². The van der Waals surface area contributed by atoms with E-state index in [9.17, 15) is 12.8 Å². The Labute approximate surface area is 149 Å². The van der Waals surface area contributed by atoms with E-state index in [1.54, 1.807) is 20.0 Å². The van der Waals surface area contributed by atoms with Crippen LogP contribution >= 0.6 is 11.6 Å². The van der Waals surface area contributed by atoms with Crippen molar-refractivity contribution < 1.29 is 12.8 Å². The van der Waals surface area contributed by atoms with Crippen LogP contribution < -0.4 is 4.72 Å². The Morgan fingerprint density at radius 2 is 2.04 bits per heavy atom. The molecule has 0 bridgehead atoms. The van der Waals surface area contributed by atoms with Crippen LogP contribution in [-0.4, -0.2) is 28.0 Å². The summed E-state index contributed by atoms with van der Waals surface area (Å²) in [6.07, 6.45) is 4.21. The smallest absolute Gasteiger partial charge is 0.265 e. The largest absolute Gasteiger partial charge is 0.276 e. The number of aromatic nitrogens is 4. The predicted octanol–water partition coefficient (Wildman–Crippen LogP) is 2.57. The zero-order valence-electron chi connectivity index (χ0n) is 13.4. The normalized spacial score (nSPS) is 11.7. The van der Waals surface area contributed by atoms with Crippen molar-refractivity contribution in [3.05, 3.63) is 58.9 Å². The maximum atomic E-state index is 13.1. The van der Waals surface area contributed by atoms with Gasteiger partial charge in [0.25, 0.3) is 10.0 Å². The fraction of sp³-hybridized carbons (Fsp3) is 0.200. The molecule has 0 aliphatic carbocycles. The third kappa shape index (κ3) is 3.67. The number of hydrogen-bond donors (Lipinski definition) is 1. The van der Waals surface area contributed by atoms with E-state index in [1.165, 1.54) is 40.1 Å². The summed E-state index contributed by atoms with van der Waals surface area (Å²) in [7, 11) is -2.09. The Morgan fingerprint density at radius 1 is 1.28 bits per heavy atom. The van der Waals surface area contributed by atoms with Gasteiger partial charge in [-0.25, -0.2) is 12.8 Å². The van der Waals surface area contributed by atoms with Gasteiger partial charge >= 0.3 is 0 Å². The van der Waals surface area contributed by atoms with E-state index in [2.05, 4.69) is 14.9 Å². The molecule has 0 unspecified atom stereocenters. The van der Waals surface area contributed by atoms with Crippen LogP contribution in [0.2, 0.25) is 5.02 Å². The first kappa shape index (κ1) is 17.4. The summed E-state index contributed by atoms with van der Waals surface area (Å²) >= 11 is 5.99. The highest BCUT2D eigenvalue weighted by Gasteiger charge is 2.20. The number of benzene rings is 1. The lowest BCUT2D eigenvalue weighted by molar-refractivity contribution is 0.600. The van der Waals surface area contributed by atoms with Crippen LogP contribution in [-0.2, 0) is 23.6 Å². The molecule has 3 rings (SSSR count). The summed E-state index contributed by atoms with van der Waals surface area (Å²) in [5, 5.41) is 8.31. The second kappa shape index (κ2) is 6.49. The number of sulfonamides is 1. The van der Waals surface area contributed by atoms with Gasteiger partial charge in [0.15, 0.2) is 0 Å². The molecule has 7 nitrogen and oxygen atoms in total. The Balaban J connectivity index is 1.78. The first-order valence-corrected chi connectivity index (χ1v) is 9.10. The molecule has 1 N–H and O–H groups in total. The summed E-state index contributed by atoms with van der Waals surface area (Å²) in [6.45, 7) is 1.95. The van der Waals surface area contributed by atoms with Gasteiger partial charge in [0, 0.05) is 18.3 Å². The number of aryl methyl sites for hydroxylation is 1. The van der Waals surface area contributed by atoms with Crippen molar-refractivity contribution in [1.29, 1.82) is 0 Å². The highest BCUT2D eigenvalue weighted by atomic mass is 35.5. The number of hydrogen-bond acceptors (Lipinski definition) is 4. The minimum absolute atomic E-state index is 0.101. The lowest BCUT2D eigenvalue weighted by atomic mass is 10.2. The molecule has 0 fully saturated rings. The average molecular weight is 384 g/mol. The van der Waals surface area contributed by atoms with Crippen molar-refractivity contribution in [3.63, 3.8) is 0 Å². The molecule has 25 heavy (non-hydrogen) atoms. The molecule has 0 atom stereocenters. The molecule has 132 valence electrons. The van der Waals surface area contributed by atoms with Gasteiger partial charge in [-0.15, -0.1) is 0 Å². The van der Waals surface area contributed by atoms with Gasteiger partial charge < -0.3 is 0 Å². The quantitative estimate of drug-likeness (QED) is 0.734. The summed E-state index contributed by atoms with van der Waals surface area (Å²) in [4.78, 5) is 0.101. The monoisotopic (exact) mass is 383 g/mol. The first-order chi connectivity index (χ1) is 11.8. The van der Waals surface area contributed by atoms with Gasteiger partial charge in [-0.05, 0) is 24.6 Å². The maximum Gasteiger partial charge on any atom is 0.265 e. The Morgan fingerprint density at radius 3 is 2.68 bits per heavy atom. The Hall–Kier alpha value is -2.39. The molecule has 0 amide bonds. The minimum Gasteiger partial charge on any atom is -0.276 e. The lowest BCUT2D eigenvalue weighted by Crippen LogP contribution is -2.13. The van der Waals surface area contributed by atoms with Crippen LogP contribution in [0.4, 0.5) is 10.1 Å². The van der Waals surface area contributed by atoms with Gasteiger partial charge in [-0.2, -0.15) is 10.2 Å². The molecule has 10 heteroatoms. The molecule has 0 aliphatic rings. The number of nitrogens with one attached hydrogen (secondary N) is 1. The molecule has 2 heterocycles. The van der Waals surface area contributed by atoms with Crippen LogP contribution in [0.15, 0.2) is 41.7 Å². The maximum absolute atomic E-state index is 13.1. The number of anilines is 1. The summed E-state index contributed by atoms with van der Waals surface area (Å²) in [6, 6.07) is 4.08. The summed E-state index contributed by atoms with van der Waals surface area (Å²) in [5.74, 6) is -0.422. The van der Waals surface area contributed by atoms with Crippen molar-refractivity contribution in [3.8, 4) is 0 Å². The van der Waals surface area contributed by atoms with Gasteiger partial charge in [-0.1, -0.05) is 17.7 Å². The molecular formula is C15H15ClFN5O2S. The average Bonchev–Trinajstić information content (AvgIpc) is 3.09. The van der Waals surface area contributed by atoms with E-state index < -0.39 is 15.8 Å². The van der Waals surface area contributed by atoms with Crippen molar-refractivity contribution in [2.75, 3.05) is 4.72 Å². The van der Waals surface area contributed by atoms with E-state index >= 15 is 0 Å². The van der Waals surface area contributed by atoms with Crippen LogP contribution in [0, 0.1) is 12.7 Å². The third-order valence-electron chi connectivity index (χ3n) is 3.71. The molecular weight excluding hydrogens is 369 g/mol. The number of rotatable bonds is 5. The van der Waals surface area contributed by atoms with Gasteiger partial charge in [-0.3, -0.25) is 14.1 Å². The number of nitrogens with zero attached hydrogens (tertiary/aromatic N) is 4. The van der Waals surface area contributed by atoms with Crippen LogP contribution in [0.25, 0.3) is 0 Å². The molecule has 3 aromatic rings. The Kier molecular flexibility index (Phi) is 4.53. The summed E-state index contributed by atoms with van der Waals surface area (Å²) < 4.78 is 43.4. The van der Waals surface area contributed by atoms with Crippen molar-refractivity contribution in [2.45, 2.75) is 18.4 Å². The zero-order chi connectivity index (χ0) is 18.2. The molecule has 0 saturated carbocycles. The molecule has 2 aromatic heterocycles. The predicted molar refractivity (Wildman–Crippen MR) is 91.5 cm³/mol. The van der Waals surface area contributed by atoms with Crippen molar-refractivity contribution in [2.24, 2.45) is 7.05 Å². The fourth-order valence-corrected chi connectivity index (χ4v) is 3.74. The van der Waals surface area contributed by atoms with E-state index in [4.69, 9.17) is 11.6 Å². The Bertz CT molecular complexity index is 1030. The number of halogens is 2. The van der Waals surface area contributed by atoms with Gasteiger partial charge in [0.05, 0.1) is 30.3 Å². The van der Waals surface area contributed by atoms with Crippen molar-refractivity contribution in [1.82, 2.24) is 19.6 Å². The molecule has 0 spiro atoms. The van der Waals surface area contributed by atoms with Crippen molar-refractivity contribution >= 4 is 27.3 Å². The van der Waals surface area contributed by atoms with E-state index in [-0.39, 0.29) is 16.5 Å². The second-order valence-electron chi connectivity index (χ2n) is 5.49. The van der Waals surface area contributed by atoms with E-state index in [1.807, 2.05) is 0 Å². The first-order valence-electron chi connectivity index (χ1n) is 7.24.